The summed E-state index contributed by atoms with van der Waals surface area (Å²) in [5.41, 5.74) is 0.331. The lowest BCUT2D eigenvalue weighted by atomic mass is 10.0. The van der Waals surface area contributed by atoms with Crippen molar-refractivity contribution in [3.63, 3.8) is 0 Å². The molecule has 0 heterocycles. The summed E-state index contributed by atoms with van der Waals surface area (Å²) >= 11 is 0. The van der Waals surface area contributed by atoms with Crippen molar-refractivity contribution in [2.24, 2.45) is 0 Å². The SMILES string of the molecule is O=C(O)CN(CCOCCOCCN(CC(=O)O)C(Cc1ccc([N+](=O)[O-])cc1)C(=O)O)CC(=O)O. The predicted molar refractivity (Wildman–Crippen MR) is 121 cm³/mol. The number of carboxylic acid groups (broad SMARTS) is 4. The quantitative estimate of drug-likeness (QED) is 0.0976. The van der Waals surface area contributed by atoms with Gasteiger partial charge in [-0.3, -0.25) is 39.1 Å². The van der Waals surface area contributed by atoms with Gasteiger partial charge in [0.15, 0.2) is 0 Å². The first-order chi connectivity index (χ1) is 17.0. The average Bonchev–Trinajstić information content (AvgIpc) is 2.77. The smallest absolute Gasteiger partial charge is 0.321 e. The number of nitrogens with zero attached hydrogens (tertiary/aromatic N) is 3. The van der Waals surface area contributed by atoms with Crippen LogP contribution in [0, 0.1) is 10.1 Å². The molecular weight excluding hydrogens is 486 g/mol. The first-order valence-electron chi connectivity index (χ1n) is 10.7. The first-order valence-corrected chi connectivity index (χ1v) is 10.7. The number of rotatable bonds is 20. The number of aliphatic carboxylic acids is 4. The molecule has 200 valence electrons. The molecule has 0 fully saturated rings. The minimum atomic E-state index is -1.26. The summed E-state index contributed by atoms with van der Waals surface area (Å²) in [5.74, 6) is -4.83. The topological polar surface area (TPSA) is 217 Å². The second-order valence-electron chi connectivity index (χ2n) is 7.57. The zero-order valence-corrected chi connectivity index (χ0v) is 19.4. The van der Waals surface area contributed by atoms with Crippen molar-refractivity contribution >= 4 is 29.6 Å². The van der Waals surface area contributed by atoms with Crippen LogP contribution in [0.4, 0.5) is 5.69 Å². The Labute approximate surface area is 205 Å². The molecule has 15 nitrogen and oxygen atoms in total. The molecule has 0 aliphatic rings. The summed E-state index contributed by atoms with van der Waals surface area (Å²) in [5, 5.41) is 47.2. The van der Waals surface area contributed by atoms with E-state index < -0.39 is 54.5 Å². The summed E-state index contributed by atoms with van der Waals surface area (Å²) in [6.07, 6.45) is -0.0765. The lowest BCUT2D eigenvalue weighted by molar-refractivity contribution is -0.384. The van der Waals surface area contributed by atoms with E-state index in [2.05, 4.69) is 0 Å². The molecule has 1 atom stereocenters. The molecular formula is C21H29N3O12. The third-order valence-electron chi connectivity index (χ3n) is 4.80. The summed E-state index contributed by atoms with van der Waals surface area (Å²) in [6.45, 7) is -1.18. The van der Waals surface area contributed by atoms with Crippen LogP contribution < -0.4 is 0 Å². The molecule has 0 saturated heterocycles. The lowest BCUT2D eigenvalue weighted by Gasteiger charge is -2.27. The van der Waals surface area contributed by atoms with Gasteiger partial charge in [0.25, 0.3) is 5.69 Å². The van der Waals surface area contributed by atoms with Crippen molar-refractivity contribution in [3.8, 4) is 0 Å². The molecule has 0 aliphatic heterocycles. The molecule has 0 aromatic heterocycles. The van der Waals surface area contributed by atoms with Crippen molar-refractivity contribution in [3.05, 3.63) is 39.9 Å². The third kappa shape index (κ3) is 12.7. The van der Waals surface area contributed by atoms with E-state index in [1.807, 2.05) is 0 Å². The Morgan fingerprint density at radius 3 is 1.75 bits per heavy atom. The lowest BCUT2D eigenvalue weighted by Crippen LogP contribution is -2.46. The van der Waals surface area contributed by atoms with Crippen molar-refractivity contribution in [2.45, 2.75) is 12.5 Å². The fraction of sp³-hybridized carbons (Fsp3) is 0.524. The van der Waals surface area contributed by atoms with Crippen molar-refractivity contribution in [2.75, 3.05) is 59.2 Å². The van der Waals surface area contributed by atoms with Gasteiger partial charge in [0.2, 0.25) is 0 Å². The van der Waals surface area contributed by atoms with Gasteiger partial charge in [-0.2, -0.15) is 0 Å². The highest BCUT2D eigenvalue weighted by atomic mass is 16.6. The molecule has 0 bridgehead atoms. The molecule has 0 aliphatic carbocycles. The maximum atomic E-state index is 11.8. The number of benzene rings is 1. The van der Waals surface area contributed by atoms with Crippen LogP contribution in [0.25, 0.3) is 0 Å². The molecule has 15 heteroatoms. The van der Waals surface area contributed by atoms with Gasteiger partial charge in [-0.15, -0.1) is 0 Å². The minimum Gasteiger partial charge on any atom is -0.480 e. The first kappa shape index (κ1) is 30.4. The van der Waals surface area contributed by atoms with Crippen LogP contribution >= 0.6 is 0 Å². The second-order valence-corrected chi connectivity index (χ2v) is 7.57. The Balaban J connectivity index is 2.51. The number of nitro groups is 1. The average molecular weight is 515 g/mol. The van der Waals surface area contributed by atoms with Crippen LogP contribution in [0.5, 0.6) is 0 Å². The number of non-ortho nitro benzene ring substituents is 1. The van der Waals surface area contributed by atoms with Crippen LogP contribution in [0.1, 0.15) is 5.56 Å². The maximum absolute atomic E-state index is 11.8. The maximum Gasteiger partial charge on any atom is 0.321 e. The van der Waals surface area contributed by atoms with E-state index in [4.69, 9.17) is 19.7 Å². The van der Waals surface area contributed by atoms with E-state index in [0.29, 0.717) is 5.56 Å². The second kappa shape index (κ2) is 16.1. The standard InChI is InChI=1S/C21H29N3O12/c25-18(26)12-22(13-19(27)28)5-7-35-9-10-36-8-6-23(14-20(29)30)17(21(31)32)11-15-1-3-16(4-2-15)24(33)34/h1-4,17H,5-14H2,(H,25,26)(H,27,28)(H,29,30)(H,31,32). The van der Waals surface area contributed by atoms with E-state index in [-0.39, 0.29) is 51.6 Å². The molecule has 36 heavy (non-hydrogen) atoms. The fourth-order valence-corrected chi connectivity index (χ4v) is 3.16. The Bertz CT molecular complexity index is 877. The minimum absolute atomic E-state index is 0.00909. The molecule has 1 aromatic rings. The number of nitro benzene ring substituents is 1. The number of hydrogen-bond acceptors (Lipinski definition) is 10. The van der Waals surface area contributed by atoms with E-state index in [0.717, 1.165) is 0 Å². The number of carboxylic acids is 4. The Kier molecular flexibility index (Phi) is 13.6. The van der Waals surface area contributed by atoms with Crippen molar-refractivity contribution in [1.29, 1.82) is 0 Å². The molecule has 1 rings (SSSR count). The van der Waals surface area contributed by atoms with Gasteiger partial charge in [0, 0.05) is 25.2 Å². The largest absolute Gasteiger partial charge is 0.480 e. The van der Waals surface area contributed by atoms with Gasteiger partial charge >= 0.3 is 23.9 Å². The molecule has 1 unspecified atom stereocenters. The zero-order chi connectivity index (χ0) is 27.1. The summed E-state index contributed by atoms with van der Waals surface area (Å²) in [6, 6.07) is 4.09. The van der Waals surface area contributed by atoms with Crippen molar-refractivity contribution < 1.29 is 54.0 Å². The molecule has 0 amide bonds. The van der Waals surface area contributed by atoms with Gasteiger partial charge in [-0.25, -0.2) is 0 Å². The molecule has 0 radical (unpaired) electrons. The van der Waals surface area contributed by atoms with Gasteiger partial charge in [-0.05, 0) is 12.0 Å². The monoisotopic (exact) mass is 515 g/mol. The fourth-order valence-electron chi connectivity index (χ4n) is 3.16. The number of ether oxygens (including phenoxy) is 2. The summed E-state index contributed by atoms with van der Waals surface area (Å²) in [7, 11) is 0. The number of carbonyl (C=O) groups is 4. The molecule has 4 N–H and O–H groups in total. The Morgan fingerprint density at radius 1 is 0.806 bits per heavy atom. The van der Waals surface area contributed by atoms with E-state index in [1.54, 1.807) is 0 Å². The Hall–Kier alpha value is -3.66. The molecule has 1 aromatic carbocycles. The highest BCUT2D eigenvalue weighted by Gasteiger charge is 2.27. The van der Waals surface area contributed by atoms with Gasteiger partial charge in [0.05, 0.1) is 51.0 Å². The number of hydrogen-bond donors (Lipinski definition) is 4. The normalized spacial score (nSPS) is 11.9. The van der Waals surface area contributed by atoms with Crippen LogP contribution in [0.15, 0.2) is 24.3 Å². The highest BCUT2D eigenvalue weighted by molar-refractivity contribution is 5.76. The van der Waals surface area contributed by atoms with Crippen LogP contribution in [-0.4, -0.2) is 124 Å². The third-order valence-corrected chi connectivity index (χ3v) is 4.80. The van der Waals surface area contributed by atoms with E-state index in [1.165, 1.54) is 34.1 Å². The van der Waals surface area contributed by atoms with Gasteiger partial charge < -0.3 is 29.9 Å². The van der Waals surface area contributed by atoms with E-state index in [9.17, 15) is 39.5 Å². The van der Waals surface area contributed by atoms with Crippen LogP contribution in [-0.2, 0) is 35.1 Å². The van der Waals surface area contributed by atoms with Gasteiger partial charge in [0.1, 0.15) is 6.04 Å². The summed E-state index contributed by atoms with van der Waals surface area (Å²) in [4.78, 5) is 57.2. The van der Waals surface area contributed by atoms with Crippen molar-refractivity contribution in [1.82, 2.24) is 9.80 Å². The molecule has 0 spiro atoms. The van der Waals surface area contributed by atoms with E-state index >= 15 is 0 Å². The molecule has 0 saturated carbocycles. The van der Waals surface area contributed by atoms with Gasteiger partial charge in [-0.1, -0.05) is 12.1 Å². The predicted octanol–water partition coefficient (Wildman–Crippen LogP) is -0.518. The summed E-state index contributed by atoms with van der Waals surface area (Å²) < 4.78 is 10.7. The zero-order valence-electron chi connectivity index (χ0n) is 19.4. The van der Waals surface area contributed by atoms with Crippen LogP contribution in [0.2, 0.25) is 0 Å². The van der Waals surface area contributed by atoms with Crippen LogP contribution in [0.3, 0.4) is 0 Å². The highest BCUT2D eigenvalue weighted by Crippen LogP contribution is 2.15. The Morgan fingerprint density at radius 2 is 1.31 bits per heavy atom.